The van der Waals surface area contributed by atoms with E-state index in [2.05, 4.69) is 58.9 Å². The molecular weight excluding hydrogens is 360 g/mol. The summed E-state index contributed by atoms with van der Waals surface area (Å²) >= 11 is 0. The number of hydrogen-bond donors (Lipinski definition) is 0. The molecular formula is C26H48O3. The molecule has 0 unspecified atom stereocenters. The Kier molecular flexibility index (Phi) is 19.2. The molecule has 0 atom stereocenters. The molecule has 0 saturated carbocycles. The van der Waals surface area contributed by atoms with Crippen LogP contribution < -0.4 is 0 Å². The Balaban J connectivity index is 3.45. The van der Waals surface area contributed by atoms with Gasteiger partial charge < -0.3 is 9.47 Å². The topological polar surface area (TPSA) is 35.5 Å². The molecule has 0 aliphatic rings. The lowest BCUT2D eigenvalue weighted by Gasteiger charge is -2.24. The third-order valence-electron chi connectivity index (χ3n) is 5.11. The van der Waals surface area contributed by atoms with Crippen LogP contribution in [-0.2, 0) is 9.47 Å². The van der Waals surface area contributed by atoms with Crippen LogP contribution in [0.3, 0.4) is 0 Å². The minimum atomic E-state index is -0.514. The first-order valence-electron chi connectivity index (χ1n) is 12.1. The Bertz CT molecular complexity index is 416. The summed E-state index contributed by atoms with van der Waals surface area (Å²) in [7, 11) is 0. The van der Waals surface area contributed by atoms with Crippen molar-refractivity contribution >= 4 is 6.16 Å². The molecule has 0 aliphatic carbocycles. The number of hydrogen-bond acceptors (Lipinski definition) is 3. The van der Waals surface area contributed by atoms with Gasteiger partial charge in [-0.1, -0.05) is 97.4 Å². The Hall–Kier alpha value is -1.25. The van der Waals surface area contributed by atoms with Crippen LogP contribution in [0.25, 0.3) is 0 Å². The highest BCUT2D eigenvalue weighted by Gasteiger charge is 2.22. The number of carbonyl (C=O) groups excluding carboxylic acids is 1. The van der Waals surface area contributed by atoms with E-state index in [0.29, 0.717) is 18.4 Å². The molecule has 0 spiro atoms. The average molecular weight is 409 g/mol. The summed E-state index contributed by atoms with van der Waals surface area (Å²) in [5, 5.41) is 0. The maximum atomic E-state index is 11.8. The summed E-state index contributed by atoms with van der Waals surface area (Å²) in [5.41, 5.74) is 0. The maximum absolute atomic E-state index is 11.8. The summed E-state index contributed by atoms with van der Waals surface area (Å²) in [6, 6.07) is 0. The van der Waals surface area contributed by atoms with Crippen molar-refractivity contribution in [3.63, 3.8) is 0 Å². The van der Waals surface area contributed by atoms with E-state index in [1.54, 1.807) is 0 Å². The van der Waals surface area contributed by atoms with Gasteiger partial charge in [0.05, 0.1) is 6.61 Å². The lowest BCUT2D eigenvalue weighted by Crippen LogP contribution is -2.29. The predicted octanol–water partition coefficient (Wildman–Crippen LogP) is 8.63. The van der Waals surface area contributed by atoms with Crippen LogP contribution in [0.1, 0.15) is 112 Å². The molecule has 170 valence electrons. The van der Waals surface area contributed by atoms with Crippen LogP contribution in [0.2, 0.25) is 0 Å². The first kappa shape index (κ1) is 27.8. The second-order valence-electron chi connectivity index (χ2n) is 8.75. The van der Waals surface area contributed by atoms with E-state index in [1.165, 1.54) is 57.8 Å². The molecule has 0 rings (SSSR count). The van der Waals surface area contributed by atoms with E-state index in [0.717, 1.165) is 19.3 Å². The second kappa shape index (κ2) is 20.0. The first-order chi connectivity index (χ1) is 14.0. The van der Waals surface area contributed by atoms with Crippen LogP contribution in [0, 0.1) is 11.8 Å². The molecule has 0 aromatic rings. The molecule has 0 fully saturated rings. The Labute approximate surface area is 181 Å². The van der Waals surface area contributed by atoms with E-state index in [4.69, 9.17) is 9.47 Å². The van der Waals surface area contributed by atoms with Crippen LogP contribution >= 0.6 is 0 Å². The van der Waals surface area contributed by atoms with Crippen molar-refractivity contribution in [1.82, 2.24) is 0 Å². The molecule has 0 aromatic carbocycles. The molecule has 0 heterocycles. The number of rotatable bonds is 18. The zero-order valence-corrected chi connectivity index (χ0v) is 20.0. The van der Waals surface area contributed by atoms with E-state index in [9.17, 15) is 4.79 Å². The van der Waals surface area contributed by atoms with Gasteiger partial charge in [-0.15, -0.1) is 0 Å². The van der Waals surface area contributed by atoms with Gasteiger partial charge in [-0.2, -0.15) is 0 Å². The Morgan fingerprint density at radius 3 is 1.79 bits per heavy atom. The van der Waals surface area contributed by atoms with Crippen LogP contribution in [0.5, 0.6) is 0 Å². The van der Waals surface area contributed by atoms with Gasteiger partial charge in [0, 0.05) is 0 Å². The molecule has 0 bridgehead atoms. The molecule has 0 aromatic heterocycles. The molecule has 3 nitrogen and oxygen atoms in total. The number of ether oxygens (including phenoxy) is 2. The van der Waals surface area contributed by atoms with Gasteiger partial charge in [0.15, 0.2) is 0 Å². The first-order valence-corrected chi connectivity index (χ1v) is 12.1. The third kappa shape index (κ3) is 18.5. The Morgan fingerprint density at radius 1 is 0.724 bits per heavy atom. The van der Waals surface area contributed by atoms with Crippen LogP contribution in [0.4, 0.5) is 4.79 Å². The SMILES string of the molecule is CCCCC/C=C\C/C=C\CCCCCCCCOC(=O)OC(C(C)C)C(C)C. The minimum Gasteiger partial charge on any atom is -0.434 e. The highest BCUT2D eigenvalue weighted by Crippen LogP contribution is 2.17. The van der Waals surface area contributed by atoms with Crippen molar-refractivity contribution in [1.29, 1.82) is 0 Å². The van der Waals surface area contributed by atoms with E-state index in [1.807, 2.05) is 0 Å². The van der Waals surface area contributed by atoms with Crippen molar-refractivity contribution < 1.29 is 14.3 Å². The maximum Gasteiger partial charge on any atom is 0.508 e. The normalized spacial score (nSPS) is 12.1. The quantitative estimate of drug-likeness (QED) is 0.129. The number of allylic oxidation sites excluding steroid dienone is 4. The van der Waals surface area contributed by atoms with Gasteiger partial charge >= 0.3 is 6.16 Å². The summed E-state index contributed by atoms with van der Waals surface area (Å²) in [4.78, 5) is 11.8. The lowest BCUT2D eigenvalue weighted by atomic mass is 9.96. The second-order valence-corrected chi connectivity index (χ2v) is 8.75. The molecule has 0 N–H and O–H groups in total. The third-order valence-corrected chi connectivity index (χ3v) is 5.11. The smallest absolute Gasteiger partial charge is 0.434 e. The van der Waals surface area contributed by atoms with Gasteiger partial charge in [-0.05, 0) is 50.4 Å². The van der Waals surface area contributed by atoms with Crippen molar-refractivity contribution in [2.45, 2.75) is 118 Å². The summed E-state index contributed by atoms with van der Waals surface area (Å²) in [6.07, 6.45) is 23.1. The van der Waals surface area contributed by atoms with E-state index < -0.39 is 6.16 Å². The Morgan fingerprint density at radius 2 is 1.24 bits per heavy atom. The van der Waals surface area contributed by atoms with Gasteiger partial charge in [-0.25, -0.2) is 4.79 Å². The predicted molar refractivity (Wildman–Crippen MR) is 125 cm³/mol. The fourth-order valence-corrected chi connectivity index (χ4v) is 3.43. The molecule has 3 heteroatoms. The van der Waals surface area contributed by atoms with Crippen molar-refractivity contribution in [2.24, 2.45) is 11.8 Å². The molecule has 29 heavy (non-hydrogen) atoms. The standard InChI is InChI=1S/C26H48O3/c1-6-7-8-9-10-11-12-13-14-15-16-17-18-19-20-21-22-28-26(27)29-25(23(2)3)24(4)5/h10-11,13-14,23-25H,6-9,12,15-22H2,1-5H3/b11-10-,14-13-. The van der Waals surface area contributed by atoms with E-state index >= 15 is 0 Å². The minimum absolute atomic E-state index is 0.0710. The van der Waals surface area contributed by atoms with E-state index in [-0.39, 0.29) is 6.10 Å². The number of unbranched alkanes of at least 4 members (excludes halogenated alkanes) is 9. The number of carbonyl (C=O) groups is 1. The average Bonchev–Trinajstić information content (AvgIpc) is 2.68. The van der Waals surface area contributed by atoms with Gasteiger partial charge in [-0.3, -0.25) is 0 Å². The highest BCUT2D eigenvalue weighted by molar-refractivity contribution is 5.60. The van der Waals surface area contributed by atoms with Gasteiger partial charge in [0.25, 0.3) is 0 Å². The fraction of sp³-hybridized carbons (Fsp3) is 0.808. The van der Waals surface area contributed by atoms with Crippen LogP contribution in [0.15, 0.2) is 24.3 Å². The lowest BCUT2D eigenvalue weighted by molar-refractivity contribution is -0.0110. The zero-order valence-electron chi connectivity index (χ0n) is 20.0. The highest BCUT2D eigenvalue weighted by atomic mass is 16.7. The van der Waals surface area contributed by atoms with Crippen molar-refractivity contribution in [3.8, 4) is 0 Å². The fourth-order valence-electron chi connectivity index (χ4n) is 3.43. The van der Waals surface area contributed by atoms with Crippen LogP contribution in [-0.4, -0.2) is 18.9 Å². The largest absolute Gasteiger partial charge is 0.508 e. The van der Waals surface area contributed by atoms with Gasteiger partial charge in [0.1, 0.15) is 6.10 Å². The summed E-state index contributed by atoms with van der Waals surface area (Å²) in [5.74, 6) is 0.619. The summed E-state index contributed by atoms with van der Waals surface area (Å²) in [6.45, 7) is 11.0. The molecule has 0 radical (unpaired) electrons. The molecule has 0 aliphatic heterocycles. The zero-order chi connectivity index (χ0) is 21.7. The monoisotopic (exact) mass is 408 g/mol. The molecule has 0 saturated heterocycles. The molecule has 0 amide bonds. The van der Waals surface area contributed by atoms with Gasteiger partial charge in [0.2, 0.25) is 0 Å². The van der Waals surface area contributed by atoms with Crippen molar-refractivity contribution in [2.75, 3.05) is 6.61 Å². The van der Waals surface area contributed by atoms with Crippen molar-refractivity contribution in [3.05, 3.63) is 24.3 Å². The summed E-state index contributed by atoms with van der Waals surface area (Å²) < 4.78 is 10.6.